The largest absolute Gasteiger partial charge is 0.500 e. The number of ether oxygens (including phenoxy) is 1. The van der Waals surface area contributed by atoms with Crippen LogP contribution in [0.25, 0.3) is 0 Å². The molecule has 0 aliphatic heterocycles. The van der Waals surface area contributed by atoms with E-state index in [4.69, 9.17) is 18.0 Å². The van der Waals surface area contributed by atoms with E-state index in [1.54, 1.807) is 0 Å². The molecule has 0 aromatic carbocycles. The highest BCUT2D eigenvalue weighted by Crippen LogP contribution is 2.18. The number of allylic oxidation sites excluding steroid dienone is 7. The monoisotopic (exact) mass is 551 g/mol. The Hall–Kier alpha value is -1.67. The van der Waals surface area contributed by atoms with E-state index in [2.05, 4.69) is 64.2 Å². The fraction of sp³-hybridized carbons (Fsp3) is 0.710. The molecule has 0 aliphatic rings. The molecule has 38 heavy (non-hydrogen) atoms. The predicted molar refractivity (Wildman–Crippen MR) is 162 cm³/mol. The van der Waals surface area contributed by atoms with Gasteiger partial charge in [-0.25, -0.2) is 4.79 Å². The average molecular weight is 552 g/mol. The number of carbonyl (C=O) groups is 1. The molecule has 1 amide bonds. The van der Waals surface area contributed by atoms with Crippen molar-refractivity contribution in [3.8, 4) is 0 Å². The zero-order chi connectivity index (χ0) is 28.7. The first-order valence-electron chi connectivity index (χ1n) is 14.6. The molecule has 0 bridgehead atoms. The van der Waals surface area contributed by atoms with Gasteiger partial charge in [0.05, 0.1) is 6.61 Å². The highest BCUT2D eigenvalue weighted by Gasteiger charge is 2.39. The zero-order valence-corrected chi connectivity index (χ0v) is 26.8. The van der Waals surface area contributed by atoms with Gasteiger partial charge in [-0.1, -0.05) is 46.6 Å². The second-order valence-electron chi connectivity index (χ2n) is 9.99. The summed E-state index contributed by atoms with van der Waals surface area (Å²) in [5, 5.41) is 2.81. The molecular formula is C31H57NO5Si. The van der Waals surface area contributed by atoms with Gasteiger partial charge in [0.2, 0.25) is 0 Å². The summed E-state index contributed by atoms with van der Waals surface area (Å²) in [6, 6.07) is 0.672. The van der Waals surface area contributed by atoms with Gasteiger partial charge in [-0.15, -0.1) is 0 Å². The van der Waals surface area contributed by atoms with Gasteiger partial charge in [-0.2, -0.15) is 0 Å². The Kier molecular flexibility index (Phi) is 22.2. The molecule has 0 saturated carbocycles. The van der Waals surface area contributed by atoms with Crippen LogP contribution in [0.5, 0.6) is 0 Å². The summed E-state index contributed by atoms with van der Waals surface area (Å²) >= 11 is 0. The number of hydrogen-bond acceptors (Lipinski definition) is 5. The van der Waals surface area contributed by atoms with Gasteiger partial charge >= 0.3 is 14.9 Å². The molecule has 0 fully saturated rings. The van der Waals surface area contributed by atoms with Crippen LogP contribution in [0.15, 0.2) is 46.6 Å². The van der Waals surface area contributed by atoms with Crippen molar-refractivity contribution in [3.05, 3.63) is 46.6 Å². The second kappa shape index (κ2) is 23.2. The lowest BCUT2D eigenvalue weighted by atomic mass is 10.0. The molecule has 0 heterocycles. The molecular weight excluding hydrogens is 494 g/mol. The molecule has 0 atom stereocenters. The molecule has 0 unspecified atom stereocenters. The minimum Gasteiger partial charge on any atom is -0.449 e. The third kappa shape index (κ3) is 20.3. The van der Waals surface area contributed by atoms with Gasteiger partial charge in [0.25, 0.3) is 0 Å². The van der Waals surface area contributed by atoms with E-state index in [1.807, 2.05) is 20.8 Å². The van der Waals surface area contributed by atoms with Crippen LogP contribution in [0.2, 0.25) is 6.04 Å². The summed E-state index contributed by atoms with van der Waals surface area (Å²) < 4.78 is 22.8. The minimum absolute atomic E-state index is 0.382. The summed E-state index contributed by atoms with van der Waals surface area (Å²) in [6.45, 7) is 19.3. The Morgan fingerprint density at radius 3 is 1.58 bits per heavy atom. The first kappa shape index (κ1) is 36.3. The van der Waals surface area contributed by atoms with E-state index in [1.165, 1.54) is 22.3 Å². The summed E-state index contributed by atoms with van der Waals surface area (Å²) in [6.07, 6.45) is 16.9. The van der Waals surface area contributed by atoms with Crippen LogP contribution < -0.4 is 5.32 Å². The topological polar surface area (TPSA) is 66.0 Å². The Bertz CT molecular complexity index is 736. The van der Waals surface area contributed by atoms with Crippen LogP contribution >= 0.6 is 0 Å². The van der Waals surface area contributed by atoms with Gasteiger partial charge in [-0.05, 0) is 107 Å². The van der Waals surface area contributed by atoms with Crippen molar-refractivity contribution in [1.82, 2.24) is 5.32 Å². The van der Waals surface area contributed by atoms with E-state index in [-0.39, 0.29) is 6.09 Å². The van der Waals surface area contributed by atoms with Crippen molar-refractivity contribution in [3.63, 3.8) is 0 Å². The average Bonchev–Trinajstić information content (AvgIpc) is 2.85. The highest BCUT2D eigenvalue weighted by molar-refractivity contribution is 6.60. The van der Waals surface area contributed by atoms with Crippen LogP contribution in [0, 0.1) is 0 Å². The molecule has 6 nitrogen and oxygen atoms in total. The third-order valence-electron chi connectivity index (χ3n) is 6.02. The molecule has 0 saturated heterocycles. The molecule has 0 rings (SSSR count). The maximum absolute atomic E-state index is 12.0. The maximum atomic E-state index is 12.0. The lowest BCUT2D eigenvalue weighted by Crippen LogP contribution is -2.46. The fourth-order valence-corrected chi connectivity index (χ4v) is 6.60. The van der Waals surface area contributed by atoms with Crippen LogP contribution in [-0.4, -0.2) is 47.9 Å². The van der Waals surface area contributed by atoms with Crippen molar-refractivity contribution >= 4 is 14.9 Å². The predicted octanol–water partition coefficient (Wildman–Crippen LogP) is 8.69. The summed E-state index contributed by atoms with van der Waals surface area (Å²) in [5.74, 6) is 0. The van der Waals surface area contributed by atoms with Crippen LogP contribution in [0.4, 0.5) is 4.79 Å². The Morgan fingerprint density at radius 2 is 1.13 bits per heavy atom. The van der Waals surface area contributed by atoms with E-state index in [9.17, 15) is 4.79 Å². The standard InChI is InChI=1S/C31H57NO5Si/c1-9-35-38(36-10-2,37-11-3)26-16-24-32-31(33)34-25-15-23-30(8)22-14-21-29(7)20-13-19-28(6)18-12-17-27(4)5/h17,19,21,23H,9-16,18,20,22,24-26H2,1-8H3,(H,32,33)/b28-19+,29-21+,30-23+. The fourth-order valence-electron chi connectivity index (χ4n) is 3.99. The summed E-state index contributed by atoms with van der Waals surface area (Å²) in [4.78, 5) is 12.0. The first-order valence-corrected chi connectivity index (χ1v) is 16.5. The third-order valence-corrected chi connectivity index (χ3v) is 9.17. The summed E-state index contributed by atoms with van der Waals surface area (Å²) in [7, 11) is -2.66. The SMILES string of the molecule is CCO[Si](CCCNC(=O)OCC/C=C(\C)CC/C=C(\C)CC/C=C(\C)CCC=C(C)C)(OCC)OCC. The van der Waals surface area contributed by atoms with Crippen molar-refractivity contribution in [2.24, 2.45) is 0 Å². The number of amides is 1. The molecule has 0 aliphatic carbocycles. The molecule has 0 aromatic rings. The molecule has 1 N–H and O–H groups in total. The van der Waals surface area contributed by atoms with E-state index in [0.29, 0.717) is 39.0 Å². The minimum atomic E-state index is -2.66. The van der Waals surface area contributed by atoms with Crippen LogP contribution in [-0.2, 0) is 18.0 Å². The van der Waals surface area contributed by atoms with Crippen molar-refractivity contribution in [2.75, 3.05) is 33.0 Å². The molecule has 7 heteroatoms. The lowest BCUT2D eigenvalue weighted by Gasteiger charge is -2.28. The second-order valence-corrected chi connectivity index (χ2v) is 12.7. The molecule has 0 radical (unpaired) electrons. The van der Waals surface area contributed by atoms with Crippen molar-refractivity contribution in [2.45, 2.75) is 113 Å². The maximum Gasteiger partial charge on any atom is 0.500 e. The lowest BCUT2D eigenvalue weighted by molar-refractivity contribution is 0.0706. The van der Waals surface area contributed by atoms with Crippen LogP contribution in [0.1, 0.15) is 107 Å². The Labute approximate surface area is 235 Å². The zero-order valence-electron chi connectivity index (χ0n) is 25.8. The quantitative estimate of drug-likeness (QED) is 0.0828. The van der Waals surface area contributed by atoms with E-state index in [0.717, 1.165) is 51.4 Å². The number of nitrogens with one attached hydrogen (secondary N) is 1. The van der Waals surface area contributed by atoms with Gasteiger partial charge < -0.3 is 23.3 Å². The van der Waals surface area contributed by atoms with Gasteiger partial charge in [0, 0.05) is 32.4 Å². The van der Waals surface area contributed by atoms with Gasteiger partial charge in [-0.3, -0.25) is 0 Å². The first-order chi connectivity index (χ1) is 18.2. The number of hydrogen-bond donors (Lipinski definition) is 1. The Balaban J connectivity index is 4.11. The molecule has 0 aromatic heterocycles. The summed E-state index contributed by atoms with van der Waals surface area (Å²) in [5.41, 5.74) is 5.67. The van der Waals surface area contributed by atoms with Crippen molar-refractivity contribution in [1.29, 1.82) is 0 Å². The van der Waals surface area contributed by atoms with E-state index >= 15 is 0 Å². The van der Waals surface area contributed by atoms with Gasteiger partial charge in [0.15, 0.2) is 0 Å². The van der Waals surface area contributed by atoms with Crippen LogP contribution in [0.3, 0.4) is 0 Å². The number of carbonyl (C=O) groups excluding carboxylic acids is 1. The molecule has 220 valence electrons. The van der Waals surface area contributed by atoms with Gasteiger partial charge in [0.1, 0.15) is 0 Å². The molecule has 0 spiro atoms. The normalized spacial score (nSPS) is 13.0. The highest BCUT2D eigenvalue weighted by atomic mass is 28.4. The smallest absolute Gasteiger partial charge is 0.449 e. The van der Waals surface area contributed by atoms with Crippen molar-refractivity contribution < 1.29 is 22.8 Å². The van der Waals surface area contributed by atoms with E-state index < -0.39 is 8.80 Å². The number of rotatable bonds is 22. The Morgan fingerprint density at radius 1 is 0.684 bits per heavy atom. The number of alkyl carbamates (subject to hydrolysis) is 1.